The summed E-state index contributed by atoms with van der Waals surface area (Å²) in [5.74, 6) is 0.122. The highest BCUT2D eigenvalue weighted by atomic mass is 35.5. The monoisotopic (exact) mass is 272 g/mol. The zero-order valence-electron chi connectivity index (χ0n) is 10.7. The van der Waals surface area contributed by atoms with Gasteiger partial charge in [-0.1, -0.05) is 0 Å². The van der Waals surface area contributed by atoms with E-state index < -0.39 is 4.92 Å². The van der Waals surface area contributed by atoms with Crippen LogP contribution in [0.2, 0.25) is 0 Å². The number of methoxy groups -OCH3 is 1. The molecule has 18 heavy (non-hydrogen) atoms. The van der Waals surface area contributed by atoms with E-state index in [1.165, 1.54) is 6.07 Å². The van der Waals surface area contributed by atoms with Gasteiger partial charge < -0.3 is 9.64 Å². The third kappa shape index (κ3) is 3.34. The molecule has 0 saturated carbocycles. The van der Waals surface area contributed by atoms with Crippen LogP contribution in [0.15, 0.2) is 18.2 Å². The Balaban J connectivity index is 3.01. The maximum absolute atomic E-state index is 10.8. The lowest BCUT2D eigenvalue weighted by Gasteiger charge is -2.26. The normalized spacial score (nSPS) is 12.2. The maximum Gasteiger partial charge on any atom is 0.273 e. The second kappa shape index (κ2) is 6.56. The van der Waals surface area contributed by atoms with Gasteiger partial charge in [0.15, 0.2) is 0 Å². The Bertz CT molecular complexity index is 426. The van der Waals surface area contributed by atoms with Gasteiger partial charge in [-0.3, -0.25) is 10.1 Å². The molecule has 5 nitrogen and oxygen atoms in total. The van der Waals surface area contributed by atoms with Gasteiger partial charge in [0, 0.05) is 37.5 Å². The SMILES string of the molecule is COCC(C)N(C)c1ccc([N+](=O)[O-])c(CCl)c1. The molecule has 1 rings (SSSR count). The fourth-order valence-electron chi connectivity index (χ4n) is 1.68. The second-order valence-corrected chi connectivity index (χ2v) is 4.39. The van der Waals surface area contributed by atoms with Crippen LogP contribution in [-0.2, 0) is 10.6 Å². The van der Waals surface area contributed by atoms with E-state index in [4.69, 9.17) is 16.3 Å². The Morgan fingerprint density at radius 2 is 2.22 bits per heavy atom. The number of ether oxygens (including phenoxy) is 1. The van der Waals surface area contributed by atoms with E-state index >= 15 is 0 Å². The first-order valence-corrected chi connectivity index (χ1v) is 6.09. The van der Waals surface area contributed by atoms with E-state index in [1.54, 1.807) is 19.2 Å². The summed E-state index contributed by atoms with van der Waals surface area (Å²) in [6, 6.07) is 5.14. The Morgan fingerprint density at radius 3 is 2.72 bits per heavy atom. The number of likely N-dealkylation sites (N-methyl/N-ethyl adjacent to an activating group) is 1. The van der Waals surface area contributed by atoms with Crippen molar-refractivity contribution in [3.8, 4) is 0 Å². The van der Waals surface area contributed by atoms with Crippen molar-refractivity contribution in [1.82, 2.24) is 0 Å². The topological polar surface area (TPSA) is 55.6 Å². The van der Waals surface area contributed by atoms with Crippen LogP contribution in [0, 0.1) is 10.1 Å². The van der Waals surface area contributed by atoms with Gasteiger partial charge in [-0.15, -0.1) is 11.6 Å². The van der Waals surface area contributed by atoms with Crippen molar-refractivity contribution in [2.45, 2.75) is 18.8 Å². The van der Waals surface area contributed by atoms with Gasteiger partial charge in [0.05, 0.1) is 17.4 Å². The van der Waals surface area contributed by atoms with Crippen LogP contribution in [0.4, 0.5) is 11.4 Å². The lowest BCUT2D eigenvalue weighted by Crippen LogP contribution is -2.32. The van der Waals surface area contributed by atoms with Crippen molar-refractivity contribution < 1.29 is 9.66 Å². The summed E-state index contributed by atoms with van der Waals surface area (Å²) in [4.78, 5) is 12.4. The number of anilines is 1. The molecule has 1 unspecified atom stereocenters. The molecule has 0 saturated heterocycles. The molecule has 0 aliphatic rings. The number of nitro groups is 1. The Hall–Kier alpha value is -1.33. The molecule has 0 N–H and O–H groups in total. The van der Waals surface area contributed by atoms with Crippen molar-refractivity contribution in [2.75, 3.05) is 25.7 Å². The van der Waals surface area contributed by atoms with Gasteiger partial charge in [0.2, 0.25) is 0 Å². The summed E-state index contributed by atoms with van der Waals surface area (Å²) >= 11 is 5.75. The van der Waals surface area contributed by atoms with Crippen molar-refractivity contribution >= 4 is 23.0 Å². The summed E-state index contributed by atoms with van der Waals surface area (Å²) in [6.07, 6.45) is 0. The molecule has 0 aromatic heterocycles. The van der Waals surface area contributed by atoms with Crippen LogP contribution in [0.1, 0.15) is 12.5 Å². The number of hydrogen-bond donors (Lipinski definition) is 0. The van der Waals surface area contributed by atoms with Crippen molar-refractivity contribution in [3.05, 3.63) is 33.9 Å². The molecule has 0 fully saturated rings. The second-order valence-electron chi connectivity index (χ2n) is 4.12. The maximum atomic E-state index is 10.8. The summed E-state index contributed by atoms with van der Waals surface area (Å²) in [5, 5.41) is 10.8. The van der Waals surface area contributed by atoms with Gasteiger partial charge in [0.1, 0.15) is 0 Å². The Kier molecular flexibility index (Phi) is 5.37. The highest BCUT2D eigenvalue weighted by Gasteiger charge is 2.16. The van der Waals surface area contributed by atoms with Gasteiger partial charge in [-0.2, -0.15) is 0 Å². The highest BCUT2D eigenvalue weighted by Crippen LogP contribution is 2.26. The third-order valence-electron chi connectivity index (χ3n) is 2.88. The molecule has 0 spiro atoms. The zero-order chi connectivity index (χ0) is 13.7. The van der Waals surface area contributed by atoms with E-state index in [1.807, 2.05) is 18.9 Å². The minimum atomic E-state index is -0.417. The Labute approximate surface area is 111 Å². The first-order chi connectivity index (χ1) is 8.51. The number of benzene rings is 1. The van der Waals surface area contributed by atoms with E-state index in [0.717, 1.165) is 5.69 Å². The molecule has 1 aromatic carbocycles. The van der Waals surface area contributed by atoms with Crippen LogP contribution in [0.3, 0.4) is 0 Å². The minimum absolute atomic E-state index is 0.0570. The molecule has 0 amide bonds. The molecule has 0 heterocycles. The largest absolute Gasteiger partial charge is 0.383 e. The number of hydrogen-bond acceptors (Lipinski definition) is 4. The molecular weight excluding hydrogens is 256 g/mol. The molecular formula is C12H17ClN2O3. The van der Waals surface area contributed by atoms with Gasteiger partial charge >= 0.3 is 0 Å². The first kappa shape index (κ1) is 14.7. The molecule has 1 aromatic rings. The average Bonchev–Trinajstić information content (AvgIpc) is 2.37. The van der Waals surface area contributed by atoms with Crippen LogP contribution in [0.5, 0.6) is 0 Å². The third-order valence-corrected chi connectivity index (χ3v) is 3.17. The van der Waals surface area contributed by atoms with Crippen LogP contribution >= 0.6 is 11.6 Å². The first-order valence-electron chi connectivity index (χ1n) is 5.56. The van der Waals surface area contributed by atoms with Crippen LogP contribution < -0.4 is 4.90 Å². The number of alkyl halides is 1. The van der Waals surface area contributed by atoms with E-state index in [-0.39, 0.29) is 17.6 Å². The lowest BCUT2D eigenvalue weighted by molar-refractivity contribution is -0.385. The van der Waals surface area contributed by atoms with E-state index in [2.05, 4.69) is 0 Å². The lowest BCUT2D eigenvalue weighted by atomic mass is 10.1. The van der Waals surface area contributed by atoms with E-state index in [0.29, 0.717) is 12.2 Å². The summed E-state index contributed by atoms with van der Waals surface area (Å²) in [6.45, 7) is 2.61. The van der Waals surface area contributed by atoms with Crippen LogP contribution in [0.25, 0.3) is 0 Å². The molecule has 0 aliphatic heterocycles. The summed E-state index contributed by atoms with van der Waals surface area (Å²) in [5.41, 5.74) is 1.47. The predicted octanol–water partition coefficient (Wildman–Crippen LogP) is 2.80. The Morgan fingerprint density at radius 1 is 1.56 bits per heavy atom. The van der Waals surface area contributed by atoms with Crippen molar-refractivity contribution in [1.29, 1.82) is 0 Å². The van der Waals surface area contributed by atoms with Crippen molar-refractivity contribution in [3.63, 3.8) is 0 Å². The fraction of sp³-hybridized carbons (Fsp3) is 0.500. The summed E-state index contributed by atoms with van der Waals surface area (Å²) < 4.78 is 5.09. The highest BCUT2D eigenvalue weighted by molar-refractivity contribution is 6.17. The molecule has 0 radical (unpaired) electrons. The zero-order valence-corrected chi connectivity index (χ0v) is 11.5. The predicted molar refractivity (Wildman–Crippen MR) is 72.4 cm³/mol. The molecule has 100 valence electrons. The van der Waals surface area contributed by atoms with Crippen LogP contribution in [-0.4, -0.2) is 31.7 Å². The van der Waals surface area contributed by atoms with Crippen molar-refractivity contribution in [2.24, 2.45) is 0 Å². The van der Waals surface area contributed by atoms with E-state index in [9.17, 15) is 10.1 Å². The fourth-order valence-corrected chi connectivity index (χ4v) is 1.90. The minimum Gasteiger partial charge on any atom is -0.383 e. The molecule has 0 aliphatic carbocycles. The standard InChI is InChI=1S/C12H17ClN2O3/c1-9(8-18-3)14(2)11-4-5-12(15(16)17)10(6-11)7-13/h4-6,9H,7-8H2,1-3H3. The van der Waals surface area contributed by atoms with Gasteiger partial charge in [0.25, 0.3) is 5.69 Å². The number of nitrogens with zero attached hydrogens (tertiary/aromatic N) is 2. The molecule has 0 bridgehead atoms. The molecule has 6 heteroatoms. The average molecular weight is 273 g/mol. The summed E-state index contributed by atoms with van der Waals surface area (Å²) in [7, 11) is 3.56. The molecule has 1 atom stereocenters. The number of nitro benzene ring substituents is 1. The van der Waals surface area contributed by atoms with Gasteiger partial charge in [-0.25, -0.2) is 0 Å². The smallest absolute Gasteiger partial charge is 0.273 e. The number of halogens is 1. The number of rotatable bonds is 6. The quantitative estimate of drug-likeness (QED) is 0.454. The van der Waals surface area contributed by atoms with Gasteiger partial charge in [-0.05, 0) is 19.1 Å².